The van der Waals surface area contributed by atoms with Crippen LogP contribution < -0.4 is 19.6 Å². The van der Waals surface area contributed by atoms with Crippen molar-refractivity contribution in [2.24, 2.45) is 0 Å². The smallest absolute Gasteiger partial charge is 0.333 e. The first-order valence-corrected chi connectivity index (χ1v) is 9.89. The largest absolute Gasteiger partial charge is 0.489 e. The maximum absolute atomic E-state index is 13.1. The Labute approximate surface area is 178 Å². The van der Waals surface area contributed by atoms with Crippen molar-refractivity contribution in [2.75, 3.05) is 6.61 Å². The van der Waals surface area contributed by atoms with Crippen molar-refractivity contribution in [3.05, 3.63) is 93.9 Å². The van der Waals surface area contributed by atoms with Crippen LogP contribution in [0.25, 0.3) is 11.0 Å². The topological polar surface area (TPSA) is 57.9 Å². The Hall–Kier alpha value is -3.80. The van der Waals surface area contributed by atoms with E-state index < -0.39 is 0 Å². The van der Waals surface area contributed by atoms with Crippen LogP contribution in [0.3, 0.4) is 0 Å². The maximum Gasteiger partial charge on any atom is 0.333 e. The molecule has 0 aliphatic rings. The molecule has 0 aliphatic heterocycles. The molecule has 0 radical (unpaired) electrons. The van der Waals surface area contributed by atoms with E-state index >= 15 is 0 Å². The summed E-state index contributed by atoms with van der Waals surface area (Å²) in [5.41, 5.74) is 1.91. The molecule has 1 aromatic heterocycles. The van der Waals surface area contributed by atoms with Crippen molar-refractivity contribution in [1.82, 2.24) is 0 Å². The molecule has 0 atom stereocenters. The van der Waals surface area contributed by atoms with E-state index in [1.165, 1.54) is 12.1 Å². The van der Waals surface area contributed by atoms with Crippen molar-refractivity contribution in [2.45, 2.75) is 20.5 Å². The fourth-order valence-electron chi connectivity index (χ4n) is 3.03. The number of halogens is 1. The highest BCUT2D eigenvalue weighted by molar-refractivity contribution is 5.79. The lowest BCUT2D eigenvalue weighted by Crippen LogP contribution is -2.09. The Morgan fingerprint density at radius 3 is 2.32 bits per heavy atom. The molecule has 5 nitrogen and oxygen atoms in total. The van der Waals surface area contributed by atoms with Gasteiger partial charge >= 0.3 is 5.95 Å². The lowest BCUT2D eigenvalue weighted by atomic mass is 10.1. The third kappa shape index (κ3) is 4.69. The second-order valence-corrected chi connectivity index (χ2v) is 6.97. The highest BCUT2D eigenvalue weighted by Crippen LogP contribution is 2.32. The van der Waals surface area contributed by atoms with E-state index in [0.717, 1.165) is 11.1 Å². The number of hydrogen-bond acceptors (Lipinski definition) is 5. The fourth-order valence-corrected chi connectivity index (χ4v) is 3.03. The van der Waals surface area contributed by atoms with Crippen LogP contribution in [0.15, 0.2) is 75.9 Å². The molecule has 1 heterocycles. The summed E-state index contributed by atoms with van der Waals surface area (Å²) in [4.78, 5) is 13.1. The highest BCUT2D eigenvalue weighted by Gasteiger charge is 2.18. The number of fused-ring (bicyclic) bond motifs is 1. The Morgan fingerprint density at radius 2 is 1.61 bits per heavy atom. The second-order valence-electron chi connectivity index (χ2n) is 6.97. The summed E-state index contributed by atoms with van der Waals surface area (Å²) < 4.78 is 35.9. The van der Waals surface area contributed by atoms with Gasteiger partial charge in [-0.05, 0) is 67.9 Å². The molecule has 31 heavy (non-hydrogen) atoms. The minimum absolute atomic E-state index is 0.00788. The molecule has 3 aromatic carbocycles. The predicted octanol–water partition coefficient (Wildman–Crippen LogP) is 6.01. The Bertz CT molecular complexity index is 1240. The summed E-state index contributed by atoms with van der Waals surface area (Å²) in [6.07, 6.45) is 0. The molecular weight excluding hydrogens is 399 g/mol. The first kappa shape index (κ1) is 20.5. The van der Waals surface area contributed by atoms with Crippen molar-refractivity contribution < 1.29 is 23.0 Å². The number of rotatable bonds is 7. The van der Waals surface area contributed by atoms with Crippen molar-refractivity contribution in [3.63, 3.8) is 0 Å². The van der Waals surface area contributed by atoms with Crippen LogP contribution in [0.1, 0.15) is 18.1 Å². The molecular formula is C25H21FO5. The average molecular weight is 420 g/mol. The fraction of sp³-hybridized carbons (Fsp3) is 0.160. The molecule has 4 rings (SSSR count). The summed E-state index contributed by atoms with van der Waals surface area (Å²) in [7, 11) is 0. The molecule has 0 saturated heterocycles. The van der Waals surface area contributed by atoms with Gasteiger partial charge in [-0.15, -0.1) is 0 Å². The predicted molar refractivity (Wildman–Crippen MR) is 116 cm³/mol. The standard InChI is InChI=1S/C25H21FO5/c1-3-28-25-24(30-20-9-4-16(2)5-10-20)23(27)21-13-6-17(14-22(21)31-25)15-29-19-11-7-18(26)8-12-19/h4-14H,3,15H2,1-2H3. The Balaban J connectivity index is 1.65. The highest BCUT2D eigenvalue weighted by atomic mass is 19.1. The van der Waals surface area contributed by atoms with E-state index in [4.69, 9.17) is 18.6 Å². The van der Waals surface area contributed by atoms with E-state index in [9.17, 15) is 9.18 Å². The van der Waals surface area contributed by atoms with Crippen LogP contribution >= 0.6 is 0 Å². The van der Waals surface area contributed by atoms with Crippen LogP contribution in [0.2, 0.25) is 0 Å². The van der Waals surface area contributed by atoms with Gasteiger partial charge in [0.15, 0.2) is 0 Å². The third-order valence-electron chi connectivity index (χ3n) is 4.62. The van der Waals surface area contributed by atoms with Gasteiger partial charge in [0, 0.05) is 0 Å². The SMILES string of the molecule is CCOc1oc2cc(COc3ccc(F)cc3)ccc2c(=O)c1Oc1ccc(C)cc1. The van der Waals surface area contributed by atoms with Crippen LogP contribution in [0.5, 0.6) is 23.2 Å². The van der Waals surface area contributed by atoms with Crippen LogP contribution in [-0.4, -0.2) is 6.61 Å². The number of hydrogen-bond donors (Lipinski definition) is 0. The average Bonchev–Trinajstić information content (AvgIpc) is 2.77. The minimum atomic E-state index is -0.327. The summed E-state index contributed by atoms with van der Waals surface area (Å²) in [6, 6.07) is 18.3. The lowest BCUT2D eigenvalue weighted by molar-refractivity contribution is 0.244. The number of benzene rings is 3. The monoisotopic (exact) mass is 420 g/mol. The van der Waals surface area contributed by atoms with E-state index in [-0.39, 0.29) is 29.5 Å². The zero-order chi connectivity index (χ0) is 21.8. The molecule has 0 bridgehead atoms. The molecule has 0 unspecified atom stereocenters. The first-order chi connectivity index (χ1) is 15.0. The van der Waals surface area contributed by atoms with E-state index in [0.29, 0.717) is 29.1 Å². The maximum atomic E-state index is 13.1. The van der Waals surface area contributed by atoms with Crippen LogP contribution in [0, 0.1) is 12.7 Å². The van der Waals surface area contributed by atoms with Gasteiger partial charge in [-0.3, -0.25) is 4.79 Å². The van der Waals surface area contributed by atoms with E-state index in [2.05, 4.69) is 0 Å². The van der Waals surface area contributed by atoms with E-state index in [1.54, 1.807) is 49.4 Å². The van der Waals surface area contributed by atoms with Gasteiger partial charge in [-0.25, -0.2) is 4.39 Å². The van der Waals surface area contributed by atoms with Crippen LogP contribution in [-0.2, 0) is 6.61 Å². The van der Waals surface area contributed by atoms with Gasteiger partial charge in [0.1, 0.15) is 29.5 Å². The van der Waals surface area contributed by atoms with Gasteiger partial charge in [0.05, 0.1) is 12.0 Å². The number of ether oxygens (including phenoxy) is 3. The molecule has 0 amide bonds. The normalized spacial score (nSPS) is 10.8. The summed E-state index contributed by atoms with van der Waals surface area (Å²) in [6.45, 7) is 4.31. The van der Waals surface area contributed by atoms with Crippen molar-refractivity contribution in [3.8, 4) is 23.2 Å². The van der Waals surface area contributed by atoms with E-state index in [1.807, 2.05) is 19.1 Å². The van der Waals surface area contributed by atoms with Gasteiger partial charge in [0.2, 0.25) is 5.43 Å². The number of aryl methyl sites for hydroxylation is 1. The zero-order valence-corrected chi connectivity index (χ0v) is 17.2. The van der Waals surface area contributed by atoms with Gasteiger partial charge < -0.3 is 18.6 Å². The quantitative estimate of drug-likeness (QED) is 0.366. The molecule has 158 valence electrons. The summed E-state index contributed by atoms with van der Waals surface area (Å²) >= 11 is 0. The van der Waals surface area contributed by atoms with Crippen LogP contribution in [0.4, 0.5) is 4.39 Å². The van der Waals surface area contributed by atoms with Gasteiger partial charge in [0.25, 0.3) is 5.75 Å². The Morgan fingerprint density at radius 1 is 0.903 bits per heavy atom. The zero-order valence-electron chi connectivity index (χ0n) is 17.2. The molecule has 0 N–H and O–H groups in total. The van der Waals surface area contributed by atoms with Gasteiger partial charge in [-0.2, -0.15) is 0 Å². The molecule has 6 heteroatoms. The lowest BCUT2D eigenvalue weighted by Gasteiger charge is -2.12. The first-order valence-electron chi connectivity index (χ1n) is 9.89. The molecule has 4 aromatic rings. The van der Waals surface area contributed by atoms with Gasteiger partial charge in [-0.1, -0.05) is 23.8 Å². The second kappa shape index (κ2) is 8.92. The summed E-state index contributed by atoms with van der Waals surface area (Å²) in [5, 5.41) is 0.371. The van der Waals surface area contributed by atoms with Crippen molar-refractivity contribution in [1.29, 1.82) is 0 Å². The van der Waals surface area contributed by atoms with Crippen molar-refractivity contribution >= 4 is 11.0 Å². The third-order valence-corrected chi connectivity index (χ3v) is 4.62. The molecule has 0 spiro atoms. The molecule has 0 saturated carbocycles. The Kier molecular flexibility index (Phi) is 5.89. The summed E-state index contributed by atoms with van der Waals surface area (Å²) in [5.74, 6) is 0.764. The minimum Gasteiger partial charge on any atom is -0.489 e. The molecule has 0 fully saturated rings. The molecule has 0 aliphatic carbocycles.